The Bertz CT molecular complexity index is 1170. The lowest BCUT2D eigenvalue weighted by molar-refractivity contribution is 0.194. The molecule has 0 saturated carbocycles. The second-order valence-electron chi connectivity index (χ2n) is 6.24. The van der Waals surface area contributed by atoms with E-state index in [0.717, 1.165) is 16.9 Å². The Morgan fingerprint density at radius 3 is 2.82 bits per heavy atom. The molecular formula is C18H17N7O3. The third kappa shape index (κ3) is 3.47. The fraction of sp³-hybridized carbons (Fsp3) is 0.167. The van der Waals surface area contributed by atoms with Crippen LogP contribution in [0.15, 0.2) is 40.8 Å². The van der Waals surface area contributed by atoms with Gasteiger partial charge in [-0.05, 0) is 30.2 Å². The molecule has 142 valence electrons. The molecular weight excluding hydrogens is 362 g/mol. The Morgan fingerprint density at radius 1 is 1.25 bits per heavy atom. The number of aromatic nitrogens is 5. The Balaban J connectivity index is 1.68. The number of rotatable bonds is 5. The van der Waals surface area contributed by atoms with Crippen molar-refractivity contribution in [1.82, 2.24) is 30.3 Å². The number of fused-ring (bicyclic) bond motifs is 1. The molecule has 3 heterocycles. The number of hydrogen-bond donors (Lipinski definition) is 3. The minimum absolute atomic E-state index is 0.0968. The molecule has 0 aliphatic rings. The van der Waals surface area contributed by atoms with Gasteiger partial charge in [-0.15, -0.1) is 5.10 Å². The van der Waals surface area contributed by atoms with E-state index in [1.807, 2.05) is 37.3 Å². The number of carbonyl (C=O) groups is 1. The zero-order valence-electron chi connectivity index (χ0n) is 15.0. The highest BCUT2D eigenvalue weighted by Crippen LogP contribution is 2.27. The normalized spacial score (nSPS) is 11.0. The molecule has 1 aromatic carbocycles. The highest BCUT2D eigenvalue weighted by Gasteiger charge is 2.17. The molecule has 0 bridgehead atoms. The van der Waals surface area contributed by atoms with Crippen molar-refractivity contribution in [3.8, 4) is 11.5 Å². The van der Waals surface area contributed by atoms with Crippen LogP contribution in [0.1, 0.15) is 16.9 Å². The van der Waals surface area contributed by atoms with E-state index in [0.29, 0.717) is 29.2 Å². The predicted molar refractivity (Wildman–Crippen MR) is 100 cm³/mol. The monoisotopic (exact) mass is 379 g/mol. The number of nitrogen functional groups attached to an aromatic ring is 1. The highest BCUT2D eigenvalue weighted by molar-refractivity contribution is 5.86. The summed E-state index contributed by atoms with van der Waals surface area (Å²) < 4.78 is 7.27. The van der Waals surface area contributed by atoms with Gasteiger partial charge in [-0.3, -0.25) is 0 Å². The summed E-state index contributed by atoms with van der Waals surface area (Å²) in [5, 5.41) is 19.5. The van der Waals surface area contributed by atoms with Gasteiger partial charge in [-0.25, -0.2) is 14.5 Å². The van der Waals surface area contributed by atoms with Crippen LogP contribution in [0.5, 0.6) is 0 Å². The molecule has 28 heavy (non-hydrogen) atoms. The number of nitrogens with two attached hydrogens (primary N) is 1. The van der Waals surface area contributed by atoms with Crippen molar-refractivity contribution in [2.45, 2.75) is 20.0 Å². The molecule has 4 aromatic rings. The molecule has 10 nitrogen and oxygen atoms in total. The number of nitrogens with one attached hydrogen (secondary N) is 1. The van der Waals surface area contributed by atoms with Gasteiger partial charge in [0.1, 0.15) is 11.5 Å². The first-order chi connectivity index (χ1) is 13.5. The van der Waals surface area contributed by atoms with Gasteiger partial charge in [-0.1, -0.05) is 29.5 Å². The van der Waals surface area contributed by atoms with E-state index in [1.165, 1.54) is 0 Å². The number of hydrogen-bond acceptors (Lipinski definition) is 7. The van der Waals surface area contributed by atoms with Crippen LogP contribution in [-0.4, -0.2) is 36.2 Å². The van der Waals surface area contributed by atoms with Crippen molar-refractivity contribution >= 4 is 23.2 Å². The van der Waals surface area contributed by atoms with Crippen molar-refractivity contribution in [2.24, 2.45) is 0 Å². The summed E-state index contributed by atoms with van der Waals surface area (Å²) in [4.78, 5) is 19.2. The number of aryl methyl sites for hydroxylation is 1. The van der Waals surface area contributed by atoms with Crippen LogP contribution >= 0.6 is 0 Å². The third-order valence-corrected chi connectivity index (χ3v) is 4.12. The van der Waals surface area contributed by atoms with Gasteiger partial charge in [0.2, 0.25) is 5.95 Å². The molecule has 0 aliphatic carbocycles. The van der Waals surface area contributed by atoms with Crippen molar-refractivity contribution < 1.29 is 14.3 Å². The molecule has 4 N–H and O–H groups in total. The molecule has 0 atom stereocenters. The van der Waals surface area contributed by atoms with E-state index in [9.17, 15) is 4.79 Å². The zero-order valence-corrected chi connectivity index (χ0v) is 15.0. The Hall–Kier alpha value is -3.95. The minimum atomic E-state index is -1.07. The van der Waals surface area contributed by atoms with Crippen LogP contribution in [-0.2, 0) is 13.1 Å². The standard InChI is InChI=1S/C18H17N7O3/c1-10-5-6-13(28-10)14-15-16(22-17(19)21-14)25(24-23-15)9-12-4-2-3-11(7-12)8-20-18(26)27/h2-7,20H,8-9H2,1H3,(H,26,27)(H2,19,21,22). The zero-order chi connectivity index (χ0) is 19.7. The van der Waals surface area contributed by atoms with Crippen LogP contribution in [0.2, 0.25) is 0 Å². The van der Waals surface area contributed by atoms with Gasteiger partial charge in [0.25, 0.3) is 0 Å². The second kappa shape index (κ2) is 6.99. The van der Waals surface area contributed by atoms with Gasteiger partial charge in [0.15, 0.2) is 16.9 Å². The summed E-state index contributed by atoms with van der Waals surface area (Å²) in [7, 11) is 0. The van der Waals surface area contributed by atoms with Gasteiger partial charge in [0.05, 0.1) is 6.54 Å². The predicted octanol–water partition coefficient (Wildman–Crippen LogP) is 2.19. The van der Waals surface area contributed by atoms with E-state index >= 15 is 0 Å². The first kappa shape index (κ1) is 17.5. The largest absolute Gasteiger partial charge is 0.465 e. The molecule has 0 fully saturated rings. The summed E-state index contributed by atoms with van der Waals surface area (Å²) in [6.07, 6.45) is -1.07. The number of anilines is 1. The summed E-state index contributed by atoms with van der Waals surface area (Å²) >= 11 is 0. The fourth-order valence-corrected chi connectivity index (χ4v) is 2.90. The van der Waals surface area contributed by atoms with Crippen LogP contribution in [0, 0.1) is 6.92 Å². The summed E-state index contributed by atoms with van der Waals surface area (Å²) in [6.45, 7) is 2.46. The minimum Gasteiger partial charge on any atom is -0.465 e. The van der Waals surface area contributed by atoms with Gasteiger partial charge in [-0.2, -0.15) is 4.98 Å². The number of benzene rings is 1. The average molecular weight is 379 g/mol. The lowest BCUT2D eigenvalue weighted by atomic mass is 10.1. The average Bonchev–Trinajstić information content (AvgIpc) is 3.26. The van der Waals surface area contributed by atoms with Gasteiger partial charge >= 0.3 is 6.09 Å². The SMILES string of the molecule is Cc1ccc(-c2nc(N)nc3c2nnn3Cc2cccc(CNC(=O)O)c2)o1. The number of amides is 1. The molecule has 0 unspecified atom stereocenters. The topological polar surface area (TPSA) is 145 Å². The lowest BCUT2D eigenvalue weighted by Crippen LogP contribution is -2.20. The maximum absolute atomic E-state index is 10.7. The van der Waals surface area contributed by atoms with E-state index in [-0.39, 0.29) is 12.5 Å². The smallest absolute Gasteiger partial charge is 0.404 e. The molecule has 0 aliphatic heterocycles. The van der Waals surface area contributed by atoms with E-state index in [2.05, 4.69) is 25.6 Å². The second-order valence-corrected chi connectivity index (χ2v) is 6.24. The van der Waals surface area contributed by atoms with Crippen LogP contribution in [0.3, 0.4) is 0 Å². The molecule has 4 rings (SSSR count). The Morgan fingerprint density at radius 2 is 2.07 bits per heavy atom. The Kier molecular flexibility index (Phi) is 4.36. The highest BCUT2D eigenvalue weighted by atomic mass is 16.4. The van der Waals surface area contributed by atoms with Crippen LogP contribution < -0.4 is 11.1 Å². The molecule has 1 amide bonds. The van der Waals surface area contributed by atoms with E-state index < -0.39 is 6.09 Å². The summed E-state index contributed by atoms with van der Waals surface area (Å²) in [6, 6.07) is 11.1. The maximum Gasteiger partial charge on any atom is 0.404 e. The van der Waals surface area contributed by atoms with Crippen LogP contribution in [0.4, 0.5) is 10.7 Å². The Labute approximate surface area is 159 Å². The van der Waals surface area contributed by atoms with E-state index in [4.69, 9.17) is 15.3 Å². The van der Waals surface area contributed by atoms with Crippen molar-refractivity contribution in [3.63, 3.8) is 0 Å². The quantitative estimate of drug-likeness (QED) is 0.478. The first-order valence-electron chi connectivity index (χ1n) is 8.48. The van der Waals surface area contributed by atoms with Crippen molar-refractivity contribution in [2.75, 3.05) is 5.73 Å². The van der Waals surface area contributed by atoms with Crippen molar-refractivity contribution in [1.29, 1.82) is 0 Å². The summed E-state index contributed by atoms with van der Waals surface area (Å²) in [5.41, 5.74) is 9.12. The van der Waals surface area contributed by atoms with E-state index in [1.54, 1.807) is 10.7 Å². The maximum atomic E-state index is 10.7. The number of furan rings is 1. The van der Waals surface area contributed by atoms with Crippen molar-refractivity contribution in [3.05, 3.63) is 53.3 Å². The van der Waals surface area contributed by atoms with Gasteiger partial charge < -0.3 is 20.6 Å². The number of carboxylic acid groups (broad SMARTS) is 1. The molecule has 0 saturated heterocycles. The molecule has 0 spiro atoms. The van der Waals surface area contributed by atoms with Crippen LogP contribution in [0.25, 0.3) is 22.6 Å². The van der Waals surface area contributed by atoms with Gasteiger partial charge in [0, 0.05) is 6.54 Å². The molecule has 3 aromatic heterocycles. The number of nitrogens with zero attached hydrogens (tertiary/aromatic N) is 5. The third-order valence-electron chi connectivity index (χ3n) is 4.12. The fourth-order valence-electron chi connectivity index (χ4n) is 2.90. The lowest BCUT2D eigenvalue weighted by Gasteiger charge is -2.06. The molecule has 10 heteroatoms. The first-order valence-corrected chi connectivity index (χ1v) is 8.48. The summed E-state index contributed by atoms with van der Waals surface area (Å²) in [5.74, 6) is 1.39. The molecule has 0 radical (unpaired) electrons.